The Bertz CT molecular complexity index is 591. The molecule has 94 valence electrons. The normalized spacial score (nSPS) is 10.3. The maximum Gasteiger partial charge on any atom is 0.423 e. The van der Waals surface area contributed by atoms with Crippen molar-refractivity contribution in [2.75, 3.05) is 0 Å². The van der Waals surface area contributed by atoms with E-state index in [2.05, 4.69) is 0 Å². The number of carbonyl (C=O) groups excluding carboxylic acids is 1. The molecule has 0 aliphatic carbocycles. The van der Waals surface area contributed by atoms with Crippen LogP contribution in [0, 0.1) is 13.8 Å². The first kappa shape index (κ1) is 12.0. The van der Waals surface area contributed by atoms with Crippen molar-refractivity contribution in [2.45, 2.75) is 13.8 Å². The molecule has 3 N–H and O–H groups in total. The van der Waals surface area contributed by atoms with Crippen molar-refractivity contribution in [1.82, 2.24) is 10.9 Å². The van der Waals surface area contributed by atoms with Gasteiger partial charge in [0.2, 0.25) is 0 Å². The van der Waals surface area contributed by atoms with Crippen LogP contribution in [0.4, 0.5) is 4.79 Å². The molecule has 0 aliphatic heterocycles. The number of hydrogen-bond acceptors (Lipinski definition) is 3. The molecule has 1 aromatic heterocycles. The van der Waals surface area contributed by atoms with E-state index in [4.69, 9.17) is 9.52 Å². The maximum absolute atomic E-state index is 11.6. The summed E-state index contributed by atoms with van der Waals surface area (Å²) in [4.78, 5) is 21.9. The van der Waals surface area contributed by atoms with Crippen LogP contribution >= 0.6 is 0 Å². The van der Waals surface area contributed by atoms with Crippen LogP contribution < -0.4 is 10.9 Å². The highest BCUT2D eigenvalue weighted by Crippen LogP contribution is 2.25. The minimum Gasteiger partial charge on any atom is -0.464 e. The number of aryl methyl sites for hydroxylation is 2. The number of nitrogens with one attached hydrogen (secondary N) is 2. The van der Waals surface area contributed by atoms with Gasteiger partial charge in [-0.15, -0.1) is 0 Å². The Morgan fingerprint density at radius 3 is 2.44 bits per heavy atom. The SMILES string of the molecule is Cc1ccc(C)c2oc(C(=O)NNC(=O)O)cc12. The molecule has 0 aliphatic rings. The van der Waals surface area contributed by atoms with Crippen LogP contribution in [-0.2, 0) is 0 Å². The molecule has 1 aromatic carbocycles. The van der Waals surface area contributed by atoms with Crippen molar-refractivity contribution in [3.05, 3.63) is 35.1 Å². The highest BCUT2D eigenvalue weighted by Gasteiger charge is 2.14. The van der Waals surface area contributed by atoms with E-state index >= 15 is 0 Å². The molecule has 6 heteroatoms. The quantitative estimate of drug-likeness (QED) is 0.673. The number of carboxylic acid groups (broad SMARTS) is 1. The third-order valence-electron chi connectivity index (χ3n) is 2.61. The summed E-state index contributed by atoms with van der Waals surface area (Å²) >= 11 is 0. The van der Waals surface area contributed by atoms with Crippen molar-refractivity contribution >= 4 is 23.0 Å². The zero-order chi connectivity index (χ0) is 13.3. The molecule has 0 atom stereocenters. The lowest BCUT2D eigenvalue weighted by Crippen LogP contribution is -2.40. The van der Waals surface area contributed by atoms with E-state index in [1.54, 1.807) is 11.5 Å². The number of benzene rings is 1. The Labute approximate surface area is 103 Å². The molecule has 0 saturated heterocycles. The summed E-state index contributed by atoms with van der Waals surface area (Å²) in [7, 11) is 0. The van der Waals surface area contributed by atoms with Gasteiger partial charge in [0.15, 0.2) is 5.76 Å². The van der Waals surface area contributed by atoms with Crippen molar-refractivity contribution in [2.24, 2.45) is 0 Å². The molecule has 1 heterocycles. The average molecular weight is 248 g/mol. The molecule has 0 spiro atoms. The number of amides is 2. The van der Waals surface area contributed by atoms with E-state index in [1.165, 1.54) is 0 Å². The van der Waals surface area contributed by atoms with Gasteiger partial charge in [-0.2, -0.15) is 0 Å². The monoisotopic (exact) mass is 248 g/mol. The van der Waals surface area contributed by atoms with Gasteiger partial charge in [0.1, 0.15) is 5.58 Å². The van der Waals surface area contributed by atoms with Gasteiger partial charge in [-0.1, -0.05) is 12.1 Å². The summed E-state index contributed by atoms with van der Waals surface area (Å²) < 4.78 is 5.43. The number of furan rings is 1. The number of carbonyl (C=O) groups is 2. The van der Waals surface area contributed by atoms with Crippen molar-refractivity contribution in [3.8, 4) is 0 Å². The van der Waals surface area contributed by atoms with Crippen molar-refractivity contribution in [3.63, 3.8) is 0 Å². The zero-order valence-electron chi connectivity index (χ0n) is 9.90. The predicted molar refractivity (Wildman–Crippen MR) is 64.3 cm³/mol. The first-order valence-electron chi connectivity index (χ1n) is 5.28. The van der Waals surface area contributed by atoms with Crippen molar-refractivity contribution in [1.29, 1.82) is 0 Å². The van der Waals surface area contributed by atoms with Gasteiger partial charge in [0.25, 0.3) is 0 Å². The topological polar surface area (TPSA) is 91.6 Å². The Hall–Kier alpha value is -2.50. The Balaban J connectivity index is 2.35. The first-order valence-corrected chi connectivity index (χ1v) is 5.28. The molecule has 18 heavy (non-hydrogen) atoms. The maximum atomic E-state index is 11.6. The second kappa shape index (κ2) is 4.40. The minimum atomic E-state index is -1.34. The average Bonchev–Trinajstić information content (AvgIpc) is 2.77. The number of hydrogen-bond donors (Lipinski definition) is 3. The van der Waals surface area contributed by atoms with Gasteiger partial charge in [0.05, 0.1) is 0 Å². The Morgan fingerprint density at radius 2 is 1.83 bits per heavy atom. The van der Waals surface area contributed by atoms with Gasteiger partial charge in [0, 0.05) is 5.39 Å². The van der Waals surface area contributed by atoms with Gasteiger partial charge in [-0.25, -0.2) is 10.2 Å². The van der Waals surface area contributed by atoms with Crippen LogP contribution in [0.3, 0.4) is 0 Å². The lowest BCUT2D eigenvalue weighted by atomic mass is 10.1. The molecule has 0 saturated carbocycles. The summed E-state index contributed by atoms with van der Waals surface area (Å²) in [6.07, 6.45) is -1.34. The summed E-state index contributed by atoms with van der Waals surface area (Å²) in [6.45, 7) is 3.79. The molecule has 2 amide bonds. The molecule has 0 radical (unpaired) electrons. The summed E-state index contributed by atoms with van der Waals surface area (Å²) in [6, 6.07) is 5.43. The highest BCUT2D eigenvalue weighted by atomic mass is 16.4. The lowest BCUT2D eigenvalue weighted by molar-refractivity contribution is 0.0901. The molecule has 2 aromatic rings. The summed E-state index contributed by atoms with van der Waals surface area (Å²) in [5.41, 5.74) is 6.33. The number of fused-ring (bicyclic) bond motifs is 1. The fraction of sp³-hybridized carbons (Fsp3) is 0.167. The van der Waals surface area contributed by atoms with Gasteiger partial charge < -0.3 is 9.52 Å². The van der Waals surface area contributed by atoms with Crippen LogP contribution in [0.15, 0.2) is 22.6 Å². The van der Waals surface area contributed by atoms with E-state index in [1.807, 2.05) is 31.4 Å². The number of rotatable bonds is 1. The predicted octanol–water partition coefficient (Wildman–Crippen LogP) is 1.96. The van der Waals surface area contributed by atoms with E-state index in [0.717, 1.165) is 16.5 Å². The summed E-state index contributed by atoms with van der Waals surface area (Å²) in [5.74, 6) is -0.566. The molecular weight excluding hydrogens is 236 g/mol. The lowest BCUT2D eigenvalue weighted by Gasteiger charge is -2.00. The van der Waals surface area contributed by atoms with Gasteiger partial charge in [-0.3, -0.25) is 10.2 Å². The number of hydrazine groups is 1. The van der Waals surface area contributed by atoms with Crippen LogP contribution in [0.5, 0.6) is 0 Å². The van der Waals surface area contributed by atoms with Crippen LogP contribution in [0.2, 0.25) is 0 Å². The van der Waals surface area contributed by atoms with E-state index < -0.39 is 12.0 Å². The molecule has 0 bridgehead atoms. The van der Waals surface area contributed by atoms with E-state index in [-0.39, 0.29) is 5.76 Å². The molecule has 2 rings (SSSR count). The third kappa shape index (κ3) is 2.13. The fourth-order valence-electron chi connectivity index (χ4n) is 1.68. The minimum absolute atomic E-state index is 0.0659. The molecule has 0 unspecified atom stereocenters. The highest BCUT2D eigenvalue weighted by molar-refractivity contribution is 5.97. The Morgan fingerprint density at radius 1 is 1.17 bits per heavy atom. The van der Waals surface area contributed by atoms with E-state index in [9.17, 15) is 9.59 Å². The van der Waals surface area contributed by atoms with Crippen LogP contribution in [0.25, 0.3) is 11.0 Å². The van der Waals surface area contributed by atoms with Gasteiger partial charge >= 0.3 is 12.0 Å². The second-order valence-electron chi connectivity index (χ2n) is 3.94. The third-order valence-corrected chi connectivity index (χ3v) is 2.61. The summed E-state index contributed by atoms with van der Waals surface area (Å²) in [5, 5.41) is 9.22. The molecular formula is C12H12N2O4. The van der Waals surface area contributed by atoms with E-state index in [0.29, 0.717) is 5.58 Å². The fourth-order valence-corrected chi connectivity index (χ4v) is 1.68. The van der Waals surface area contributed by atoms with Crippen LogP contribution in [-0.4, -0.2) is 17.1 Å². The Kier molecular flexibility index (Phi) is 2.93. The standard InChI is InChI=1S/C12H12N2O4/c1-6-3-4-7(2)10-8(6)5-9(18-10)11(15)13-14-12(16)17/h3-5,14H,1-2H3,(H,13,15)(H,16,17). The first-order chi connectivity index (χ1) is 8.49. The molecule has 6 nitrogen and oxygen atoms in total. The second-order valence-corrected chi connectivity index (χ2v) is 3.94. The largest absolute Gasteiger partial charge is 0.464 e. The zero-order valence-corrected chi connectivity index (χ0v) is 9.90. The van der Waals surface area contributed by atoms with Crippen LogP contribution in [0.1, 0.15) is 21.7 Å². The van der Waals surface area contributed by atoms with Crippen molar-refractivity contribution < 1.29 is 19.1 Å². The smallest absolute Gasteiger partial charge is 0.423 e. The van der Waals surface area contributed by atoms with Gasteiger partial charge in [-0.05, 0) is 31.0 Å². The molecule has 0 fully saturated rings.